The Morgan fingerprint density at radius 2 is 2.06 bits per heavy atom. The number of halogens is 1. The van der Waals surface area contributed by atoms with Crippen molar-refractivity contribution in [3.63, 3.8) is 0 Å². The molecule has 0 spiro atoms. The van der Waals surface area contributed by atoms with Crippen molar-refractivity contribution in [3.8, 4) is 0 Å². The van der Waals surface area contributed by atoms with E-state index in [-0.39, 0.29) is 24.0 Å². The highest BCUT2D eigenvalue weighted by Gasteiger charge is 1.94. The van der Waals surface area contributed by atoms with Crippen molar-refractivity contribution < 1.29 is 4.74 Å². The van der Waals surface area contributed by atoms with Crippen molar-refractivity contribution in [3.05, 3.63) is 0 Å². The summed E-state index contributed by atoms with van der Waals surface area (Å²) in [6, 6.07) is 0. The molecule has 0 aliphatic heterocycles. The molecule has 0 bridgehead atoms. The molecular formula is C10H24IN3OS. The second-order valence-electron chi connectivity index (χ2n) is 2.88. The minimum atomic E-state index is 0. The van der Waals surface area contributed by atoms with Crippen LogP contribution in [0.25, 0.3) is 0 Å². The van der Waals surface area contributed by atoms with Gasteiger partial charge in [0, 0.05) is 25.4 Å². The van der Waals surface area contributed by atoms with E-state index in [1.54, 1.807) is 0 Å². The number of thioether (sulfide) groups is 1. The summed E-state index contributed by atoms with van der Waals surface area (Å²) in [5.41, 5.74) is 0. The third-order valence-electron chi connectivity index (χ3n) is 1.65. The lowest BCUT2D eigenvalue weighted by Gasteiger charge is -2.10. The van der Waals surface area contributed by atoms with E-state index in [0.29, 0.717) is 13.2 Å². The molecular weight excluding hydrogens is 337 g/mol. The second-order valence-corrected chi connectivity index (χ2v) is 3.86. The van der Waals surface area contributed by atoms with Crippen LogP contribution in [0.15, 0.2) is 4.99 Å². The molecule has 0 amide bonds. The van der Waals surface area contributed by atoms with Crippen LogP contribution < -0.4 is 10.6 Å². The first-order valence-corrected chi connectivity index (χ1v) is 6.83. The average molecular weight is 361 g/mol. The van der Waals surface area contributed by atoms with E-state index in [2.05, 4.69) is 28.8 Å². The zero-order valence-electron chi connectivity index (χ0n) is 10.4. The summed E-state index contributed by atoms with van der Waals surface area (Å²) in [6.07, 6.45) is 2.10. The maximum Gasteiger partial charge on any atom is 0.191 e. The Labute approximate surface area is 120 Å². The summed E-state index contributed by atoms with van der Waals surface area (Å²) in [7, 11) is 0. The number of ether oxygens (including phenoxy) is 1. The van der Waals surface area contributed by atoms with E-state index in [1.165, 1.54) is 0 Å². The lowest BCUT2D eigenvalue weighted by atomic mass is 10.6. The normalized spacial score (nSPS) is 10.8. The van der Waals surface area contributed by atoms with Crippen molar-refractivity contribution in [1.29, 1.82) is 0 Å². The molecule has 4 nitrogen and oxygen atoms in total. The van der Waals surface area contributed by atoms with Gasteiger partial charge in [0.25, 0.3) is 0 Å². The first-order valence-electron chi connectivity index (χ1n) is 5.44. The minimum Gasteiger partial charge on any atom is -0.380 e. The number of aliphatic imine (C=N–C) groups is 1. The summed E-state index contributed by atoms with van der Waals surface area (Å²) in [4.78, 5) is 4.38. The monoisotopic (exact) mass is 361 g/mol. The molecule has 6 heteroatoms. The number of guanidine groups is 1. The molecule has 0 aromatic rings. The van der Waals surface area contributed by atoms with Gasteiger partial charge in [0.2, 0.25) is 0 Å². The topological polar surface area (TPSA) is 45.7 Å². The molecule has 0 aromatic heterocycles. The van der Waals surface area contributed by atoms with Gasteiger partial charge in [0.05, 0.1) is 13.2 Å². The van der Waals surface area contributed by atoms with Gasteiger partial charge in [0.15, 0.2) is 5.96 Å². The second kappa shape index (κ2) is 15.3. The first kappa shape index (κ1) is 18.7. The van der Waals surface area contributed by atoms with Crippen LogP contribution in [0.4, 0.5) is 0 Å². The maximum atomic E-state index is 5.22. The lowest BCUT2D eigenvalue weighted by Crippen LogP contribution is -2.38. The van der Waals surface area contributed by atoms with Crippen molar-refractivity contribution in [1.82, 2.24) is 10.6 Å². The van der Waals surface area contributed by atoms with Crippen LogP contribution >= 0.6 is 35.7 Å². The third-order valence-corrected chi connectivity index (χ3v) is 2.26. The largest absolute Gasteiger partial charge is 0.380 e. The number of nitrogens with one attached hydrogen (secondary N) is 2. The lowest BCUT2D eigenvalue weighted by molar-refractivity contribution is 0.155. The van der Waals surface area contributed by atoms with Gasteiger partial charge in [-0.15, -0.1) is 24.0 Å². The fraction of sp³-hybridized carbons (Fsp3) is 0.900. The molecule has 2 N–H and O–H groups in total. The Hall–Kier alpha value is 0.310. The van der Waals surface area contributed by atoms with Gasteiger partial charge in [0.1, 0.15) is 0 Å². The molecule has 0 aliphatic rings. The predicted molar refractivity (Wildman–Crippen MR) is 84.3 cm³/mol. The molecule has 0 rings (SSSR count). The molecule has 0 aliphatic carbocycles. The number of rotatable bonds is 8. The Kier molecular flexibility index (Phi) is 17.9. The highest BCUT2D eigenvalue weighted by atomic mass is 127. The van der Waals surface area contributed by atoms with Crippen LogP contribution in [0.2, 0.25) is 0 Å². The Bertz CT molecular complexity index is 170. The van der Waals surface area contributed by atoms with E-state index in [1.807, 2.05) is 18.7 Å². The molecule has 0 heterocycles. The van der Waals surface area contributed by atoms with Crippen LogP contribution in [0, 0.1) is 0 Å². The summed E-state index contributed by atoms with van der Waals surface area (Å²) >= 11 is 1.82. The Morgan fingerprint density at radius 1 is 1.31 bits per heavy atom. The average Bonchev–Trinajstić information content (AvgIpc) is 2.24. The Balaban J connectivity index is 0. The van der Waals surface area contributed by atoms with Crippen molar-refractivity contribution >= 4 is 41.7 Å². The van der Waals surface area contributed by atoms with E-state index in [9.17, 15) is 0 Å². The number of hydrogen-bond donors (Lipinski definition) is 2. The van der Waals surface area contributed by atoms with Crippen LogP contribution in [0.1, 0.15) is 13.8 Å². The highest BCUT2D eigenvalue weighted by Crippen LogP contribution is 1.87. The molecule has 0 saturated carbocycles. The van der Waals surface area contributed by atoms with Gasteiger partial charge in [-0.05, 0) is 20.1 Å². The standard InChI is InChI=1S/C10H23N3OS.HI/c1-4-11-10(13-7-9-15-3)12-6-8-14-5-2;/h4-9H2,1-3H3,(H2,11,12,13);1H. The van der Waals surface area contributed by atoms with Gasteiger partial charge in [-0.2, -0.15) is 11.8 Å². The van der Waals surface area contributed by atoms with Crippen LogP contribution in [-0.4, -0.2) is 50.8 Å². The quantitative estimate of drug-likeness (QED) is 0.298. The summed E-state index contributed by atoms with van der Waals surface area (Å²) in [5.74, 6) is 1.97. The molecule has 98 valence electrons. The highest BCUT2D eigenvalue weighted by molar-refractivity contribution is 14.0. The first-order chi connectivity index (χ1) is 7.35. The molecule has 0 fully saturated rings. The molecule has 0 unspecified atom stereocenters. The third kappa shape index (κ3) is 12.4. The molecule has 0 atom stereocenters. The van der Waals surface area contributed by atoms with Gasteiger partial charge in [-0.25, -0.2) is 0 Å². The van der Waals surface area contributed by atoms with Gasteiger partial charge >= 0.3 is 0 Å². The molecule has 0 saturated heterocycles. The van der Waals surface area contributed by atoms with E-state index in [4.69, 9.17) is 4.74 Å². The molecule has 0 aromatic carbocycles. The van der Waals surface area contributed by atoms with Gasteiger partial charge < -0.3 is 15.4 Å². The van der Waals surface area contributed by atoms with Crippen LogP contribution in [-0.2, 0) is 4.74 Å². The number of hydrogen-bond acceptors (Lipinski definition) is 3. The van der Waals surface area contributed by atoms with Crippen molar-refractivity contribution in [2.75, 3.05) is 44.9 Å². The molecule has 0 radical (unpaired) electrons. The smallest absolute Gasteiger partial charge is 0.191 e. The maximum absolute atomic E-state index is 5.22. The van der Waals surface area contributed by atoms with Crippen LogP contribution in [0.5, 0.6) is 0 Å². The van der Waals surface area contributed by atoms with Crippen molar-refractivity contribution in [2.45, 2.75) is 13.8 Å². The zero-order valence-corrected chi connectivity index (χ0v) is 13.6. The zero-order chi connectivity index (χ0) is 11.4. The van der Waals surface area contributed by atoms with E-state index in [0.717, 1.165) is 31.4 Å². The number of nitrogens with zero attached hydrogens (tertiary/aromatic N) is 1. The summed E-state index contributed by atoms with van der Waals surface area (Å²) < 4.78 is 5.22. The fourth-order valence-electron chi connectivity index (χ4n) is 0.980. The summed E-state index contributed by atoms with van der Waals surface area (Å²) in [6.45, 7) is 8.05. The Morgan fingerprint density at radius 3 is 2.62 bits per heavy atom. The van der Waals surface area contributed by atoms with E-state index >= 15 is 0 Å². The van der Waals surface area contributed by atoms with E-state index < -0.39 is 0 Å². The summed E-state index contributed by atoms with van der Waals surface area (Å²) in [5, 5.41) is 6.45. The van der Waals surface area contributed by atoms with Crippen molar-refractivity contribution in [2.24, 2.45) is 4.99 Å². The predicted octanol–water partition coefficient (Wildman–Crippen LogP) is 1.56. The SMILES string of the molecule is CCNC(=NCCOCC)NCCSC.I. The van der Waals surface area contributed by atoms with Crippen LogP contribution in [0.3, 0.4) is 0 Å². The minimum absolute atomic E-state index is 0. The van der Waals surface area contributed by atoms with Gasteiger partial charge in [-0.1, -0.05) is 0 Å². The molecule has 16 heavy (non-hydrogen) atoms. The van der Waals surface area contributed by atoms with Gasteiger partial charge in [-0.3, -0.25) is 4.99 Å². The fourth-order valence-corrected chi connectivity index (χ4v) is 1.29.